The van der Waals surface area contributed by atoms with Gasteiger partial charge in [-0.25, -0.2) is 4.98 Å². The highest BCUT2D eigenvalue weighted by atomic mass is 79.9. The molecule has 3 heterocycles. The van der Waals surface area contributed by atoms with E-state index in [2.05, 4.69) is 31.1 Å². The molecule has 0 spiro atoms. The molecule has 0 radical (unpaired) electrons. The first kappa shape index (κ1) is 17.1. The van der Waals surface area contributed by atoms with Crippen molar-refractivity contribution in [1.29, 1.82) is 0 Å². The van der Waals surface area contributed by atoms with Gasteiger partial charge in [0.1, 0.15) is 17.8 Å². The molecule has 3 aromatic rings. The standard InChI is InChI=1S/C18H16BrN3O4/c1-18(2)14(24)13(23)12-7-10(8-20-17(12)25-18)16-21-15(22-26-16)9-3-5-11(19)6-4-9/h3-8,13-14,23-24H,1-2H3/t13-,14+/m1/s1. The van der Waals surface area contributed by atoms with Crippen molar-refractivity contribution in [2.45, 2.75) is 31.7 Å². The Labute approximate surface area is 157 Å². The molecule has 26 heavy (non-hydrogen) atoms. The fourth-order valence-corrected chi connectivity index (χ4v) is 3.06. The fraction of sp³-hybridized carbons (Fsp3) is 0.278. The molecule has 0 fully saturated rings. The van der Waals surface area contributed by atoms with Gasteiger partial charge in [0, 0.05) is 21.8 Å². The quantitative estimate of drug-likeness (QED) is 0.660. The summed E-state index contributed by atoms with van der Waals surface area (Å²) in [6, 6.07) is 9.18. The molecule has 8 heteroatoms. The minimum Gasteiger partial charge on any atom is -0.468 e. The molecule has 2 aromatic heterocycles. The van der Waals surface area contributed by atoms with Crippen LogP contribution in [0.4, 0.5) is 0 Å². The van der Waals surface area contributed by atoms with Gasteiger partial charge in [-0.15, -0.1) is 0 Å². The predicted molar refractivity (Wildman–Crippen MR) is 96.3 cm³/mol. The number of fused-ring (bicyclic) bond motifs is 1. The number of halogens is 1. The Hall–Kier alpha value is -2.29. The van der Waals surface area contributed by atoms with Crippen LogP contribution in [0.3, 0.4) is 0 Å². The Morgan fingerprint density at radius 1 is 1.12 bits per heavy atom. The molecule has 7 nitrogen and oxygen atoms in total. The van der Waals surface area contributed by atoms with Gasteiger partial charge in [-0.2, -0.15) is 4.98 Å². The van der Waals surface area contributed by atoms with Gasteiger partial charge < -0.3 is 19.5 Å². The van der Waals surface area contributed by atoms with Crippen LogP contribution in [0.25, 0.3) is 22.8 Å². The van der Waals surface area contributed by atoms with Crippen LogP contribution in [0.1, 0.15) is 25.5 Å². The topological polar surface area (TPSA) is 102 Å². The van der Waals surface area contributed by atoms with E-state index in [0.717, 1.165) is 10.0 Å². The fourth-order valence-electron chi connectivity index (χ4n) is 2.80. The van der Waals surface area contributed by atoms with E-state index in [1.54, 1.807) is 19.9 Å². The van der Waals surface area contributed by atoms with E-state index >= 15 is 0 Å². The van der Waals surface area contributed by atoms with Gasteiger partial charge in [0.05, 0.1) is 5.56 Å². The van der Waals surface area contributed by atoms with Crippen LogP contribution in [0, 0.1) is 0 Å². The second-order valence-corrected chi connectivity index (χ2v) is 7.56. The Bertz CT molecular complexity index is 955. The number of benzene rings is 1. The van der Waals surface area contributed by atoms with Crippen LogP contribution < -0.4 is 4.74 Å². The van der Waals surface area contributed by atoms with Gasteiger partial charge in [-0.05, 0) is 44.2 Å². The first-order valence-corrected chi connectivity index (χ1v) is 8.79. The van der Waals surface area contributed by atoms with Crippen LogP contribution >= 0.6 is 15.9 Å². The van der Waals surface area contributed by atoms with Crippen molar-refractivity contribution in [3.05, 3.63) is 46.6 Å². The largest absolute Gasteiger partial charge is 0.468 e. The molecule has 0 saturated carbocycles. The lowest BCUT2D eigenvalue weighted by molar-refractivity contribution is -0.113. The number of nitrogens with zero attached hydrogens (tertiary/aromatic N) is 3. The third-order valence-electron chi connectivity index (χ3n) is 4.34. The predicted octanol–water partition coefficient (Wildman–Crippen LogP) is 3.13. The van der Waals surface area contributed by atoms with E-state index in [9.17, 15) is 10.2 Å². The molecule has 1 aliphatic rings. The zero-order valence-electron chi connectivity index (χ0n) is 14.0. The van der Waals surface area contributed by atoms with Gasteiger partial charge in [-0.3, -0.25) is 0 Å². The zero-order chi connectivity index (χ0) is 18.5. The average Bonchev–Trinajstić information content (AvgIpc) is 3.10. The van der Waals surface area contributed by atoms with Crippen molar-refractivity contribution < 1.29 is 19.5 Å². The lowest BCUT2D eigenvalue weighted by atomic mass is 9.89. The summed E-state index contributed by atoms with van der Waals surface area (Å²) in [5.41, 5.74) is 0.807. The second-order valence-electron chi connectivity index (χ2n) is 6.64. The third-order valence-corrected chi connectivity index (χ3v) is 4.87. The van der Waals surface area contributed by atoms with E-state index in [-0.39, 0.29) is 11.8 Å². The van der Waals surface area contributed by atoms with Gasteiger partial charge in [0.25, 0.3) is 5.89 Å². The minimum atomic E-state index is -1.12. The maximum Gasteiger partial charge on any atom is 0.259 e. The molecule has 134 valence electrons. The Morgan fingerprint density at radius 2 is 1.85 bits per heavy atom. The summed E-state index contributed by atoms with van der Waals surface area (Å²) in [6.45, 7) is 3.39. The lowest BCUT2D eigenvalue weighted by Crippen LogP contribution is -2.49. The molecule has 2 N–H and O–H groups in total. The highest BCUT2D eigenvalue weighted by molar-refractivity contribution is 9.10. The summed E-state index contributed by atoms with van der Waals surface area (Å²) in [5.74, 6) is 0.997. The number of ether oxygens (including phenoxy) is 1. The Balaban J connectivity index is 1.69. The highest BCUT2D eigenvalue weighted by Gasteiger charge is 2.43. The van der Waals surface area contributed by atoms with E-state index in [0.29, 0.717) is 17.0 Å². The van der Waals surface area contributed by atoms with Crippen molar-refractivity contribution in [3.63, 3.8) is 0 Å². The second kappa shape index (κ2) is 6.15. The SMILES string of the molecule is CC1(C)Oc2ncc(-c3nc(-c4ccc(Br)cc4)no3)cc2[C@@H](O)[C@@H]1O. The molecule has 0 saturated heterocycles. The first-order chi connectivity index (χ1) is 12.3. The number of rotatable bonds is 2. The number of aromatic nitrogens is 3. The summed E-state index contributed by atoms with van der Waals surface area (Å²) in [5, 5.41) is 24.6. The molecule has 2 atom stereocenters. The Morgan fingerprint density at radius 3 is 2.58 bits per heavy atom. The van der Waals surface area contributed by atoms with Crippen LogP contribution in [-0.2, 0) is 0 Å². The number of hydrogen-bond acceptors (Lipinski definition) is 7. The van der Waals surface area contributed by atoms with Gasteiger partial charge in [-0.1, -0.05) is 21.1 Å². The maximum absolute atomic E-state index is 10.4. The van der Waals surface area contributed by atoms with Gasteiger partial charge in [0.2, 0.25) is 11.7 Å². The van der Waals surface area contributed by atoms with Crippen molar-refractivity contribution in [2.75, 3.05) is 0 Å². The molecular formula is C18H16BrN3O4. The van der Waals surface area contributed by atoms with Crippen LogP contribution in [-0.4, -0.2) is 37.0 Å². The summed E-state index contributed by atoms with van der Waals surface area (Å²) in [6.07, 6.45) is -0.652. The van der Waals surface area contributed by atoms with Crippen molar-refractivity contribution >= 4 is 15.9 Å². The molecule has 1 aromatic carbocycles. The molecule has 1 aliphatic heterocycles. The summed E-state index contributed by atoms with van der Waals surface area (Å²) in [4.78, 5) is 8.63. The third kappa shape index (κ3) is 2.90. The number of hydrogen-bond donors (Lipinski definition) is 2. The molecule has 0 aliphatic carbocycles. The molecular weight excluding hydrogens is 402 g/mol. The van der Waals surface area contributed by atoms with E-state index in [1.807, 2.05) is 24.3 Å². The minimum absolute atomic E-state index is 0.268. The molecule has 0 unspecified atom stereocenters. The van der Waals surface area contributed by atoms with Gasteiger partial charge >= 0.3 is 0 Å². The van der Waals surface area contributed by atoms with Crippen LogP contribution in [0.15, 0.2) is 45.5 Å². The average molecular weight is 418 g/mol. The summed E-state index contributed by atoms with van der Waals surface area (Å²) >= 11 is 3.38. The highest BCUT2D eigenvalue weighted by Crippen LogP contribution is 2.39. The smallest absolute Gasteiger partial charge is 0.259 e. The molecule has 0 amide bonds. The monoisotopic (exact) mass is 417 g/mol. The van der Waals surface area contributed by atoms with Crippen molar-refractivity contribution in [1.82, 2.24) is 15.1 Å². The molecule has 4 rings (SSSR count). The number of aliphatic hydroxyl groups excluding tert-OH is 2. The maximum atomic E-state index is 10.4. The van der Waals surface area contributed by atoms with Crippen LogP contribution in [0.2, 0.25) is 0 Å². The lowest BCUT2D eigenvalue weighted by Gasteiger charge is -2.39. The normalized spacial score (nSPS) is 21.1. The summed E-state index contributed by atoms with van der Waals surface area (Å²) in [7, 11) is 0. The van der Waals surface area contributed by atoms with Crippen molar-refractivity contribution in [2.24, 2.45) is 0 Å². The molecule has 0 bridgehead atoms. The van der Waals surface area contributed by atoms with E-state index in [1.165, 1.54) is 6.20 Å². The number of aliphatic hydroxyl groups is 2. The summed E-state index contributed by atoms with van der Waals surface area (Å²) < 4.78 is 12.0. The van der Waals surface area contributed by atoms with Gasteiger partial charge in [0.15, 0.2) is 0 Å². The Kier molecular flexibility index (Phi) is 4.06. The number of pyridine rings is 1. The first-order valence-electron chi connectivity index (χ1n) is 8.00. The zero-order valence-corrected chi connectivity index (χ0v) is 15.6. The van der Waals surface area contributed by atoms with E-state index < -0.39 is 17.8 Å². The van der Waals surface area contributed by atoms with Crippen LogP contribution in [0.5, 0.6) is 5.88 Å². The van der Waals surface area contributed by atoms with E-state index in [4.69, 9.17) is 9.26 Å². The van der Waals surface area contributed by atoms with Crippen molar-refractivity contribution in [3.8, 4) is 28.7 Å².